The molecule has 0 atom stereocenters. The van der Waals surface area contributed by atoms with Gasteiger partial charge >= 0.3 is 6.16 Å². The number of hydrogen-bond acceptors (Lipinski definition) is 5. The zero-order chi connectivity index (χ0) is 22.9. The minimum absolute atomic E-state index is 0.220. The number of carbonyl (C=O) groups is 3. The summed E-state index contributed by atoms with van der Waals surface area (Å²) < 4.78 is 9.70. The number of fused-ring (bicyclic) bond motifs is 1. The molecule has 168 valence electrons. The van der Waals surface area contributed by atoms with Gasteiger partial charge in [0.1, 0.15) is 0 Å². The van der Waals surface area contributed by atoms with Gasteiger partial charge in [0, 0.05) is 24.8 Å². The SMILES string of the molecule is C=COC(=O)OC1=C(CCCCCCCCC[Si](C)(C)C)C(=O)c2ccccc2C1=O. The van der Waals surface area contributed by atoms with Crippen molar-refractivity contribution in [3.8, 4) is 0 Å². The van der Waals surface area contributed by atoms with Crippen molar-refractivity contribution in [3.05, 3.63) is 59.6 Å². The number of ether oxygens (including phenoxy) is 2. The molecule has 0 aliphatic heterocycles. The third kappa shape index (κ3) is 7.62. The number of carbonyl (C=O) groups excluding carboxylic acids is 3. The smallest absolute Gasteiger partial charge is 0.403 e. The Labute approximate surface area is 186 Å². The Bertz CT molecular complexity index is 848. The van der Waals surface area contributed by atoms with E-state index in [0.29, 0.717) is 12.0 Å². The Balaban J connectivity index is 1.92. The zero-order valence-electron chi connectivity index (χ0n) is 19.0. The Morgan fingerprint density at radius 3 is 2.03 bits per heavy atom. The fourth-order valence-electron chi connectivity index (χ4n) is 3.76. The van der Waals surface area contributed by atoms with E-state index in [4.69, 9.17) is 4.74 Å². The van der Waals surface area contributed by atoms with Gasteiger partial charge in [-0.3, -0.25) is 9.59 Å². The van der Waals surface area contributed by atoms with E-state index in [1.165, 1.54) is 31.7 Å². The molecule has 6 heteroatoms. The summed E-state index contributed by atoms with van der Waals surface area (Å²) in [5.74, 6) is -0.946. The number of benzene rings is 1. The van der Waals surface area contributed by atoms with Crippen LogP contribution in [0.5, 0.6) is 0 Å². The standard InChI is InChI=1S/C25H34O5Si/c1-5-29-25(28)30-24-21(22(26)19-15-12-13-16-20(19)23(24)27)17-11-9-7-6-8-10-14-18-31(2,3)4/h5,12-13,15-16H,1,6-11,14,17-18H2,2-4H3. The van der Waals surface area contributed by atoms with Gasteiger partial charge in [-0.05, 0) is 12.8 Å². The lowest BCUT2D eigenvalue weighted by Crippen LogP contribution is -2.25. The molecule has 1 aliphatic carbocycles. The van der Waals surface area contributed by atoms with Crippen LogP contribution in [0.1, 0.15) is 72.1 Å². The lowest BCUT2D eigenvalue weighted by molar-refractivity contribution is 0.0810. The van der Waals surface area contributed by atoms with Crippen LogP contribution in [0.25, 0.3) is 0 Å². The molecule has 1 aromatic rings. The van der Waals surface area contributed by atoms with Gasteiger partial charge in [-0.25, -0.2) is 4.79 Å². The van der Waals surface area contributed by atoms with Crippen molar-refractivity contribution in [2.24, 2.45) is 0 Å². The molecule has 2 rings (SSSR count). The second kappa shape index (κ2) is 11.8. The highest BCUT2D eigenvalue weighted by Crippen LogP contribution is 2.30. The summed E-state index contributed by atoms with van der Waals surface area (Å²) in [5.41, 5.74) is 0.852. The highest BCUT2D eigenvalue weighted by atomic mass is 28.3. The van der Waals surface area contributed by atoms with Gasteiger partial charge in [0.25, 0.3) is 0 Å². The van der Waals surface area contributed by atoms with E-state index in [0.717, 1.165) is 25.5 Å². The number of ketones is 2. The molecule has 0 saturated heterocycles. The second-order valence-electron chi connectivity index (χ2n) is 9.18. The Morgan fingerprint density at radius 1 is 0.903 bits per heavy atom. The van der Waals surface area contributed by atoms with Crippen LogP contribution in [-0.4, -0.2) is 25.8 Å². The van der Waals surface area contributed by atoms with E-state index >= 15 is 0 Å². The highest BCUT2D eigenvalue weighted by molar-refractivity contribution is 6.76. The van der Waals surface area contributed by atoms with Crippen molar-refractivity contribution in [2.75, 3.05) is 0 Å². The molecule has 0 spiro atoms. The van der Waals surface area contributed by atoms with Gasteiger partial charge in [0.05, 0.1) is 6.26 Å². The largest absolute Gasteiger partial charge is 0.518 e. The molecule has 0 unspecified atom stereocenters. The summed E-state index contributed by atoms with van der Waals surface area (Å²) in [6.07, 6.45) is 8.08. The fourth-order valence-corrected chi connectivity index (χ4v) is 5.07. The van der Waals surface area contributed by atoms with Gasteiger partial charge in [0.15, 0.2) is 11.5 Å². The maximum Gasteiger partial charge on any atom is 0.518 e. The minimum Gasteiger partial charge on any atom is -0.403 e. The van der Waals surface area contributed by atoms with Crippen molar-refractivity contribution in [1.29, 1.82) is 0 Å². The molecule has 0 N–H and O–H groups in total. The highest BCUT2D eigenvalue weighted by Gasteiger charge is 2.34. The molecule has 0 heterocycles. The second-order valence-corrected chi connectivity index (χ2v) is 14.8. The molecule has 0 amide bonds. The van der Waals surface area contributed by atoms with Gasteiger partial charge in [-0.2, -0.15) is 0 Å². The van der Waals surface area contributed by atoms with E-state index in [-0.39, 0.29) is 22.7 Å². The van der Waals surface area contributed by atoms with Gasteiger partial charge in [-0.15, -0.1) is 0 Å². The van der Waals surface area contributed by atoms with Crippen molar-refractivity contribution >= 4 is 25.8 Å². The summed E-state index contributed by atoms with van der Waals surface area (Å²) in [5, 5.41) is 0. The molecule has 0 saturated carbocycles. The van der Waals surface area contributed by atoms with E-state index < -0.39 is 20.0 Å². The first kappa shape index (κ1) is 24.8. The quantitative estimate of drug-likeness (QED) is 0.150. The van der Waals surface area contributed by atoms with Crippen LogP contribution in [0.15, 0.2) is 48.4 Å². The van der Waals surface area contributed by atoms with Gasteiger partial charge in [-0.1, -0.05) is 95.1 Å². The average molecular weight is 443 g/mol. The lowest BCUT2D eigenvalue weighted by Gasteiger charge is -2.20. The maximum atomic E-state index is 13.0. The van der Waals surface area contributed by atoms with Crippen LogP contribution in [-0.2, 0) is 9.47 Å². The average Bonchev–Trinajstić information content (AvgIpc) is 2.71. The van der Waals surface area contributed by atoms with Crippen LogP contribution in [0.4, 0.5) is 4.79 Å². The molecule has 0 aromatic heterocycles. The van der Waals surface area contributed by atoms with Crippen LogP contribution >= 0.6 is 0 Å². The lowest BCUT2D eigenvalue weighted by atomic mass is 9.86. The summed E-state index contributed by atoms with van der Waals surface area (Å²) in [7, 11) is -0.934. The number of unbranched alkanes of at least 4 members (excludes halogenated alkanes) is 6. The first-order valence-corrected chi connectivity index (χ1v) is 14.9. The van der Waals surface area contributed by atoms with Crippen molar-refractivity contribution in [1.82, 2.24) is 0 Å². The number of Topliss-reactive ketones (excluding diaryl/α,β-unsaturated/α-hetero) is 2. The number of hydrogen-bond donors (Lipinski definition) is 0. The van der Waals surface area contributed by atoms with E-state index in [1.54, 1.807) is 24.3 Å². The molecule has 0 fully saturated rings. The molecule has 5 nitrogen and oxygen atoms in total. The molecule has 1 aliphatic rings. The Kier molecular flexibility index (Phi) is 9.43. The van der Waals surface area contributed by atoms with Gasteiger partial charge in [0.2, 0.25) is 5.78 Å². The van der Waals surface area contributed by atoms with Crippen LogP contribution in [0.2, 0.25) is 25.7 Å². The predicted molar refractivity (Wildman–Crippen MR) is 125 cm³/mol. The molecule has 31 heavy (non-hydrogen) atoms. The first-order valence-electron chi connectivity index (χ1n) is 11.2. The monoisotopic (exact) mass is 442 g/mol. The molecular weight excluding hydrogens is 408 g/mol. The predicted octanol–water partition coefficient (Wildman–Crippen LogP) is 7.08. The fraction of sp³-hybridized carbons (Fsp3) is 0.480. The topological polar surface area (TPSA) is 69.7 Å². The third-order valence-corrected chi connectivity index (χ3v) is 7.24. The van der Waals surface area contributed by atoms with Gasteiger partial charge < -0.3 is 9.47 Å². The van der Waals surface area contributed by atoms with Crippen LogP contribution in [0.3, 0.4) is 0 Å². The zero-order valence-corrected chi connectivity index (χ0v) is 20.0. The first-order chi connectivity index (χ1) is 14.7. The van der Waals surface area contributed by atoms with Crippen molar-refractivity contribution in [3.63, 3.8) is 0 Å². The summed E-state index contributed by atoms with van der Waals surface area (Å²) in [4.78, 5) is 37.6. The summed E-state index contributed by atoms with van der Waals surface area (Å²) in [6, 6.07) is 7.99. The molecule has 1 aromatic carbocycles. The number of allylic oxidation sites excluding steroid dienone is 2. The maximum absolute atomic E-state index is 13.0. The Hall–Kier alpha value is -2.47. The minimum atomic E-state index is -1.07. The number of rotatable bonds is 12. The Morgan fingerprint density at radius 2 is 1.45 bits per heavy atom. The molecular formula is C25H34O5Si. The third-order valence-electron chi connectivity index (χ3n) is 5.39. The van der Waals surface area contributed by atoms with E-state index in [2.05, 4.69) is 31.0 Å². The normalized spacial score (nSPS) is 13.8. The summed E-state index contributed by atoms with van der Waals surface area (Å²) in [6.45, 7) is 10.5. The molecule has 0 bridgehead atoms. The van der Waals surface area contributed by atoms with E-state index in [1.807, 2.05) is 0 Å². The van der Waals surface area contributed by atoms with Crippen LogP contribution < -0.4 is 0 Å². The van der Waals surface area contributed by atoms with Crippen molar-refractivity contribution < 1.29 is 23.9 Å². The van der Waals surface area contributed by atoms with Crippen LogP contribution in [0, 0.1) is 0 Å². The van der Waals surface area contributed by atoms with Crippen molar-refractivity contribution in [2.45, 2.75) is 77.1 Å². The molecule has 0 radical (unpaired) electrons. The van der Waals surface area contributed by atoms with E-state index in [9.17, 15) is 14.4 Å². The summed E-state index contributed by atoms with van der Waals surface area (Å²) >= 11 is 0.